The second kappa shape index (κ2) is 4.95. The van der Waals surface area contributed by atoms with Gasteiger partial charge in [0.25, 0.3) is 0 Å². The van der Waals surface area contributed by atoms with E-state index in [0.717, 1.165) is 19.3 Å². The Morgan fingerprint density at radius 1 is 1.42 bits per heavy atom. The second-order valence-corrected chi connectivity index (χ2v) is 3.14. The smallest absolute Gasteiger partial charge is 0.161 e. The number of carbonyl (C=O) groups excluding carboxylic acids is 1. The maximum atomic E-state index is 11.2. The van der Waals surface area contributed by atoms with Gasteiger partial charge in [0.1, 0.15) is 0 Å². The zero-order chi connectivity index (χ0) is 8.81. The molecule has 1 rings (SSSR count). The summed E-state index contributed by atoms with van der Waals surface area (Å²) < 4.78 is 0. The van der Waals surface area contributed by atoms with Crippen molar-refractivity contribution < 1.29 is 4.79 Å². The Balaban J connectivity index is 2.54. The zero-order valence-corrected chi connectivity index (χ0v) is 7.31. The first-order valence-electron chi connectivity index (χ1n) is 4.56. The molecule has 0 amide bonds. The lowest BCUT2D eigenvalue weighted by Crippen LogP contribution is -2.22. The number of carbonyl (C=O) groups is 1. The first kappa shape index (κ1) is 9.28. The van der Waals surface area contributed by atoms with Crippen molar-refractivity contribution in [2.24, 2.45) is 11.7 Å². The molecule has 66 valence electrons. The molecule has 1 atom stereocenters. The Morgan fingerprint density at radius 3 is 3.00 bits per heavy atom. The van der Waals surface area contributed by atoms with Crippen LogP contribution in [0.15, 0.2) is 0 Å². The summed E-state index contributed by atoms with van der Waals surface area (Å²) in [6.07, 6.45) is 5.34. The Bertz CT molecular complexity index is 212. The highest BCUT2D eigenvalue weighted by Crippen LogP contribution is 2.13. The molecule has 0 aliphatic heterocycles. The van der Waals surface area contributed by atoms with Crippen molar-refractivity contribution in [2.45, 2.75) is 32.1 Å². The van der Waals surface area contributed by atoms with Gasteiger partial charge >= 0.3 is 0 Å². The average Bonchev–Trinajstić information content (AvgIpc) is 2.02. The molecule has 2 nitrogen and oxygen atoms in total. The number of ketones is 1. The van der Waals surface area contributed by atoms with Crippen LogP contribution in [0.1, 0.15) is 32.1 Å². The molecule has 0 fully saturated rings. The van der Waals surface area contributed by atoms with Gasteiger partial charge in [0.15, 0.2) is 5.78 Å². The lowest BCUT2D eigenvalue weighted by Gasteiger charge is -2.09. The Kier molecular flexibility index (Phi) is 3.83. The van der Waals surface area contributed by atoms with Gasteiger partial charge in [-0.15, -0.1) is 5.92 Å². The summed E-state index contributed by atoms with van der Waals surface area (Å²) in [4.78, 5) is 11.2. The minimum absolute atomic E-state index is 0.0738. The van der Waals surface area contributed by atoms with Crippen LogP contribution < -0.4 is 5.73 Å². The van der Waals surface area contributed by atoms with E-state index in [1.54, 1.807) is 0 Å². The average molecular weight is 165 g/mol. The van der Waals surface area contributed by atoms with Gasteiger partial charge in [0.2, 0.25) is 0 Å². The lowest BCUT2D eigenvalue weighted by molar-refractivity contribution is -0.120. The van der Waals surface area contributed by atoms with Crippen LogP contribution in [0, 0.1) is 17.8 Å². The van der Waals surface area contributed by atoms with E-state index >= 15 is 0 Å². The van der Waals surface area contributed by atoms with Crippen molar-refractivity contribution in [3.63, 3.8) is 0 Å². The summed E-state index contributed by atoms with van der Waals surface area (Å²) in [6.45, 7) is 0.138. The standard InChI is InChI=1S/C10H15NO/c11-8-10(12)9-6-4-2-1-3-5-7-9/h9H,1-4,6,8,11H2. The summed E-state index contributed by atoms with van der Waals surface area (Å²) in [7, 11) is 0. The van der Waals surface area contributed by atoms with Gasteiger partial charge in [-0.25, -0.2) is 0 Å². The molecule has 2 heteroatoms. The molecule has 0 spiro atoms. The van der Waals surface area contributed by atoms with Gasteiger partial charge in [0, 0.05) is 6.42 Å². The van der Waals surface area contributed by atoms with E-state index in [1.807, 2.05) is 0 Å². The fourth-order valence-corrected chi connectivity index (χ4v) is 1.39. The van der Waals surface area contributed by atoms with E-state index in [0.29, 0.717) is 0 Å². The topological polar surface area (TPSA) is 43.1 Å². The van der Waals surface area contributed by atoms with E-state index in [-0.39, 0.29) is 18.2 Å². The van der Waals surface area contributed by atoms with Crippen LogP contribution in [0.2, 0.25) is 0 Å². The fraction of sp³-hybridized carbons (Fsp3) is 0.700. The highest BCUT2D eigenvalue weighted by atomic mass is 16.1. The third kappa shape index (κ3) is 2.67. The van der Waals surface area contributed by atoms with Crippen LogP contribution in [-0.2, 0) is 4.79 Å². The van der Waals surface area contributed by atoms with E-state index in [1.165, 1.54) is 12.8 Å². The minimum Gasteiger partial charge on any atom is -0.324 e. The Morgan fingerprint density at radius 2 is 2.25 bits per heavy atom. The predicted octanol–water partition coefficient (Wildman–Crippen LogP) is 1.10. The van der Waals surface area contributed by atoms with Gasteiger partial charge in [-0.05, 0) is 12.8 Å². The van der Waals surface area contributed by atoms with E-state index in [2.05, 4.69) is 11.8 Å². The third-order valence-corrected chi connectivity index (χ3v) is 2.16. The molecule has 1 aliphatic carbocycles. The number of Topliss-reactive ketones (excluding diaryl/α,β-unsaturated/α-hetero) is 1. The monoisotopic (exact) mass is 165 g/mol. The first-order chi connectivity index (χ1) is 5.84. The molecule has 0 saturated heterocycles. The zero-order valence-electron chi connectivity index (χ0n) is 7.31. The molecule has 0 radical (unpaired) electrons. The Labute approximate surface area is 73.5 Å². The molecule has 0 bridgehead atoms. The largest absolute Gasteiger partial charge is 0.324 e. The van der Waals surface area contributed by atoms with Crippen molar-refractivity contribution in [3.8, 4) is 11.8 Å². The molecule has 0 aromatic rings. The van der Waals surface area contributed by atoms with Crippen LogP contribution in [-0.4, -0.2) is 12.3 Å². The molecule has 12 heavy (non-hydrogen) atoms. The number of rotatable bonds is 2. The van der Waals surface area contributed by atoms with Gasteiger partial charge < -0.3 is 5.73 Å². The van der Waals surface area contributed by atoms with Crippen LogP contribution >= 0.6 is 0 Å². The van der Waals surface area contributed by atoms with Gasteiger partial charge in [-0.1, -0.05) is 18.8 Å². The van der Waals surface area contributed by atoms with E-state index < -0.39 is 0 Å². The van der Waals surface area contributed by atoms with Crippen LogP contribution in [0.3, 0.4) is 0 Å². The number of hydrogen-bond acceptors (Lipinski definition) is 2. The number of nitrogens with two attached hydrogens (primary N) is 1. The molecule has 0 aromatic carbocycles. The molecule has 2 N–H and O–H groups in total. The maximum Gasteiger partial charge on any atom is 0.161 e. The normalized spacial score (nSPS) is 23.2. The van der Waals surface area contributed by atoms with Crippen molar-refractivity contribution in [2.75, 3.05) is 6.54 Å². The second-order valence-electron chi connectivity index (χ2n) is 3.14. The van der Waals surface area contributed by atoms with Crippen LogP contribution in [0.5, 0.6) is 0 Å². The first-order valence-corrected chi connectivity index (χ1v) is 4.56. The summed E-state index contributed by atoms with van der Waals surface area (Å²) in [5.41, 5.74) is 5.28. The lowest BCUT2D eigenvalue weighted by atomic mass is 9.95. The summed E-state index contributed by atoms with van der Waals surface area (Å²) in [5, 5.41) is 0. The minimum atomic E-state index is -0.0738. The summed E-state index contributed by atoms with van der Waals surface area (Å²) in [6, 6.07) is 0. The number of hydrogen-bond donors (Lipinski definition) is 1. The van der Waals surface area contributed by atoms with Crippen molar-refractivity contribution >= 4 is 5.78 Å². The molecule has 0 heterocycles. The van der Waals surface area contributed by atoms with Crippen LogP contribution in [0.25, 0.3) is 0 Å². The molecule has 0 aromatic heterocycles. The SMILES string of the molecule is NCC(=O)C1C#CCCCCC1. The highest BCUT2D eigenvalue weighted by Gasteiger charge is 2.14. The maximum absolute atomic E-state index is 11.2. The van der Waals surface area contributed by atoms with Crippen LogP contribution in [0.4, 0.5) is 0 Å². The summed E-state index contributed by atoms with van der Waals surface area (Å²) in [5.74, 6) is 6.05. The molecule has 1 aliphatic rings. The third-order valence-electron chi connectivity index (χ3n) is 2.16. The molecular weight excluding hydrogens is 150 g/mol. The Hall–Kier alpha value is -0.810. The van der Waals surface area contributed by atoms with Crippen molar-refractivity contribution in [1.82, 2.24) is 0 Å². The highest BCUT2D eigenvalue weighted by molar-refractivity contribution is 5.85. The predicted molar refractivity (Wildman–Crippen MR) is 48.4 cm³/mol. The summed E-state index contributed by atoms with van der Waals surface area (Å²) >= 11 is 0. The fourth-order valence-electron chi connectivity index (χ4n) is 1.39. The molecule has 1 unspecified atom stereocenters. The van der Waals surface area contributed by atoms with E-state index in [9.17, 15) is 4.79 Å². The van der Waals surface area contributed by atoms with E-state index in [4.69, 9.17) is 5.73 Å². The van der Waals surface area contributed by atoms with Gasteiger partial charge in [-0.2, -0.15) is 0 Å². The molecule has 0 saturated carbocycles. The van der Waals surface area contributed by atoms with Gasteiger partial charge in [0.05, 0.1) is 12.5 Å². The quantitative estimate of drug-likeness (QED) is 0.622. The van der Waals surface area contributed by atoms with Crippen molar-refractivity contribution in [3.05, 3.63) is 0 Å². The van der Waals surface area contributed by atoms with Gasteiger partial charge in [-0.3, -0.25) is 4.79 Å². The molecular formula is C10H15NO. The van der Waals surface area contributed by atoms with Crippen molar-refractivity contribution in [1.29, 1.82) is 0 Å².